The maximum atomic E-state index is 14.4. The molecule has 6 atom stereocenters. The van der Waals surface area contributed by atoms with Crippen LogP contribution in [0, 0.1) is 23.7 Å². The Balaban J connectivity index is 1.43. The van der Waals surface area contributed by atoms with Crippen molar-refractivity contribution in [1.82, 2.24) is 4.90 Å². The van der Waals surface area contributed by atoms with Gasteiger partial charge in [-0.05, 0) is 124 Å². The van der Waals surface area contributed by atoms with E-state index in [9.17, 15) is 15.0 Å². The number of aliphatic hydroxyl groups is 2. The highest BCUT2D eigenvalue weighted by Crippen LogP contribution is 2.62. The molecule has 0 unspecified atom stereocenters. The molecule has 0 spiro atoms. The Hall–Kier alpha value is -4.18. The largest absolute Gasteiger partial charge is 0.459 e. The highest BCUT2D eigenvalue weighted by Gasteiger charge is 2.65. The van der Waals surface area contributed by atoms with Gasteiger partial charge in [-0.2, -0.15) is 0 Å². The van der Waals surface area contributed by atoms with Gasteiger partial charge in [0, 0.05) is 43.6 Å². The summed E-state index contributed by atoms with van der Waals surface area (Å²) in [6.07, 6.45) is 12.1. The quantitative estimate of drug-likeness (QED) is 0.0752. The lowest BCUT2D eigenvalue weighted by molar-refractivity contribution is -0.257. The van der Waals surface area contributed by atoms with E-state index in [-0.39, 0.29) is 55.3 Å². The molecule has 2 saturated carbocycles. The zero-order chi connectivity index (χ0) is 40.2. The zero-order valence-electron chi connectivity index (χ0n) is 34.3. The summed E-state index contributed by atoms with van der Waals surface area (Å²) in [5.74, 6) is 0.917. The van der Waals surface area contributed by atoms with Crippen LogP contribution >= 0.6 is 0 Å². The molecule has 4 aliphatic rings. The number of aliphatic hydroxyl groups excluding tert-OH is 2. The minimum atomic E-state index is -1.25. The van der Waals surface area contributed by atoms with Crippen LogP contribution in [0.4, 0.5) is 0 Å². The van der Waals surface area contributed by atoms with Crippen LogP contribution in [-0.4, -0.2) is 70.5 Å². The van der Waals surface area contributed by atoms with E-state index in [2.05, 4.69) is 49.9 Å². The summed E-state index contributed by atoms with van der Waals surface area (Å²) < 4.78 is 21.1. The lowest BCUT2D eigenvalue weighted by Gasteiger charge is -2.60. The van der Waals surface area contributed by atoms with Crippen molar-refractivity contribution in [2.75, 3.05) is 26.4 Å². The van der Waals surface area contributed by atoms with Gasteiger partial charge >= 0.3 is 0 Å². The van der Waals surface area contributed by atoms with Gasteiger partial charge in [0.2, 0.25) is 11.7 Å². The molecule has 0 radical (unpaired) electrons. The van der Waals surface area contributed by atoms with Crippen molar-refractivity contribution in [3.63, 3.8) is 0 Å². The number of ether oxygens (including phenoxy) is 3. The molecule has 1 heterocycles. The fourth-order valence-corrected chi connectivity index (χ4v) is 9.50. The Labute approximate surface area is 338 Å². The van der Waals surface area contributed by atoms with Gasteiger partial charge in [0.25, 0.3) is 0 Å². The number of hydrogen-bond donors (Lipinski definition) is 2. The SMILES string of the molecule is C=CCO[C@@]12Oc3ccc(Oc4ccc5ccccc5c4)cc3[C@H]3[C@H](CCCCO)[C@@H](CCCCO)C=C(C(=NOC(C)(C)C)C[C@@H]1N(CCC)C(=O)C1CC1)[C@H]32. The molecule has 3 aliphatic carbocycles. The van der Waals surface area contributed by atoms with Gasteiger partial charge in [-0.1, -0.05) is 67.4 Å². The number of unbranched alkanes of at least 4 members (excludes halogenated alkanes) is 2. The van der Waals surface area contributed by atoms with E-state index in [1.165, 1.54) is 0 Å². The third-order valence-corrected chi connectivity index (χ3v) is 12.1. The molecule has 0 bridgehead atoms. The van der Waals surface area contributed by atoms with Gasteiger partial charge in [-0.3, -0.25) is 4.79 Å². The summed E-state index contributed by atoms with van der Waals surface area (Å²) in [4.78, 5) is 22.7. The molecule has 3 aromatic carbocycles. The van der Waals surface area contributed by atoms with E-state index in [1.807, 2.05) is 56.0 Å². The van der Waals surface area contributed by atoms with Crippen LogP contribution in [0.3, 0.4) is 0 Å². The summed E-state index contributed by atoms with van der Waals surface area (Å²) in [7, 11) is 0. The number of carbonyl (C=O) groups is 1. The number of oxime groups is 1. The number of benzene rings is 3. The number of fused-ring (bicyclic) bond motifs is 3. The number of nitrogens with zero attached hydrogens (tertiary/aromatic N) is 2. The molecule has 2 fully saturated rings. The van der Waals surface area contributed by atoms with Crippen molar-refractivity contribution in [2.45, 2.75) is 115 Å². The van der Waals surface area contributed by atoms with Gasteiger partial charge < -0.3 is 34.2 Å². The van der Waals surface area contributed by atoms with Gasteiger partial charge in [0.05, 0.1) is 18.2 Å². The van der Waals surface area contributed by atoms with Crippen LogP contribution in [0.1, 0.15) is 103 Å². The normalized spacial score (nSPS) is 25.9. The van der Waals surface area contributed by atoms with Crippen molar-refractivity contribution < 1.29 is 34.1 Å². The molecule has 9 heteroatoms. The molecule has 2 N–H and O–H groups in total. The average Bonchev–Trinajstić information content (AvgIpc) is 4.05. The number of allylic oxidation sites excluding steroid dienone is 1. The molecule has 0 aromatic heterocycles. The maximum Gasteiger partial charge on any atom is 0.239 e. The lowest BCUT2D eigenvalue weighted by Crippen LogP contribution is -2.70. The third-order valence-electron chi connectivity index (χ3n) is 12.1. The third kappa shape index (κ3) is 8.81. The second-order valence-corrected chi connectivity index (χ2v) is 17.4. The molecule has 57 heavy (non-hydrogen) atoms. The van der Waals surface area contributed by atoms with E-state index in [1.54, 1.807) is 6.08 Å². The summed E-state index contributed by atoms with van der Waals surface area (Å²) in [6.45, 7) is 13.2. The topological polar surface area (TPSA) is 110 Å². The first-order valence-electron chi connectivity index (χ1n) is 21.3. The minimum Gasteiger partial charge on any atom is -0.459 e. The van der Waals surface area contributed by atoms with Gasteiger partial charge in [0.15, 0.2) is 0 Å². The summed E-state index contributed by atoms with van der Waals surface area (Å²) >= 11 is 0. The van der Waals surface area contributed by atoms with E-state index in [0.717, 1.165) is 90.5 Å². The second kappa shape index (κ2) is 17.8. The number of hydrogen-bond acceptors (Lipinski definition) is 8. The highest BCUT2D eigenvalue weighted by atomic mass is 16.7. The Morgan fingerprint density at radius 3 is 2.40 bits per heavy atom. The fraction of sp³-hybridized carbons (Fsp3) is 0.542. The van der Waals surface area contributed by atoms with Gasteiger partial charge in [-0.15, -0.1) is 6.58 Å². The van der Waals surface area contributed by atoms with Crippen molar-refractivity contribution >= 4 is 22.4 Å². The van der Waals surface area contributed by atoms with Crippen molar-refractivity contribution in [3.8, 4) is 17.2 Å². The summed E-state index contributed by atoms with van der Waals surface area (Å²) in [5, 5.41) is 27.0. The molecule has 0 saturated heterocycles. The molecule has 7 rings (SSSR count). The fourth-order valence-electron chi connectivity index (χ4n) is 9.50. The van der Waals surface area contributed by atoms with Gasteiger partial charge in [-0.25, -0.2) is 0 Å². The monoisotopic (exact) mass is 778 g/mol. The molecular formula is C48H62N2O7. The summed E-state index contributed by atoms with van der Waals surface area (Å²) in [6, 6.07) is 20.1. The van der Waals surface area contributed by atoms with Crippen LogP contribution in [0.2, 0.25) is 0 Å². The second-order valence-electron chi connectivity index (χ2n) is 17.4. The van der Waals surface area contributed by atoms with E-state index in [0.29, 0.717) is 25.1 Å². The van der Waals surface area contributed by atoms with Crippen LogP contribution < -0.4 is 9.47 Å². The molecule has 3 aromatic rings. The predicted octanol–water partition coefficient (Wildman–Crippen LogP) is 9.71. The number of carbonyl (C=O) groups excluding carboxylic acids is 1. The minimum absolute atomic E-state index is 0.00568. The van der Waals surface area contributed by atoms with Crippen LogP contribution in [0.15, 0.2) is 90.1 Å². The molecule has 9 nitrogen and oxygen atoms in total. The first kappa shape index (κ1) is 41.0. The standard InChI is InChI=1S/C48H62N2O7/c1-6-24-50(46(53)33-18-19-33)43-31-41(49-57-47(3,4)5)39-29-35(16-10-12-25-51)38(17-11-13-26-52)44-40-30-37(55-36-21-20-32-14-8-9-15-34(32)28-36)22-23-42(40)56-48(43,45(39)44)54-27-7-2/h7-9,14-15,20-23,28-30,33,35,38,43-45,51-52H,2,6,10-13,16-19,24-27,31H2,1,3-5H3/t35-,38+,43-,44+,45+,48+/m0/s1. The Morgan fingerprint density at radius 2 is 1.70 bits per heavy atom. The lowest BCUT2D eigenvalue weighted by atomic mass is 9.55. The maximum absolute atomic E-state index is 14.4. The van der Waals surface area contributed by atoms with Crippen LogP contribution in [0.5, 0.6) is 17.2 Å². The smallest absolute Gasteiger partial charge is 0.239 e. The Morgan fingerprint density at radius 1 is 0.982 bits per heavy atom. The van der Waals surface area contributed by atoms with E-state index in [4.69, 9.17) is 24.2 Å². The van der Waals surface area contributed by atoms with Crippen molar-refractivity contribution in [3.05, 3.63) is 90.5 Å². The first-order chi connectivity index (χ1) is 27.6. The van der Waals surface area contributed by atoms with Crippen LogP contribution in [-0.2, 0) is 14.4 Å². The van der Waals surface area contributed by atoms with Crippen molar-refractivity contribution in [1.29, 1.82) is 0 Å². The number of amides is 1. The van der Waals surface area contributed by atoms with E-state index >= 15 is 0 Å². The van der Waals surface area contributed by atoms with Crippen molar-refractivity contribution in [2.24, 2.45) is 28.8 Å². The van der Waals surface area contributed by atoms with Gasteiger partial charge in [0.1, 0.15) is 28.9 Å². The average molecular weight is 779 g/mol. The predicted molar refractivity (Wildman–Crippen MR) is 225 cm³/mol. The zero-order valence-corrected chi connectivity index (χ0v) is 34.3. The highest BCUT2D eigenvalue weighted by molar-refractivity contribution is 6.03. The van der Waals surface area contributed by atoms with Crippen LogP contribution in [0.25, 0.3) is 10.8 Å². The Kier molecular flexibility index (Phi) is 12.8. The Bertz CT molecular complexity index is 1950. The summed E-state index contributed by atoms with van der Waals surface area (Å²) in [5.41, 5.74) is 2.37. The number of rotatable bonds is 18. The first-order valence-corrected chi connectivity index (χ1v) is 21.3. The molecule has 306 valence electrons. The molecule has 1 aliphatic heterocycles. The molecule has 1 amide bonds. The van der Waals surface area contributed by atoms with E-state index < -0.39 is 17.4 Å². The molecular weight excluding hydrogens is 717 g/mol.